The van der Waals surface area contributed by atoms with Crippen LogP contribution in [0.2, 0.25) is 0 Å². The normalized spacial score (nSPS) is 10.7. The van der Waals surface area contributed by atoms with E-state index in [-0.39, 0.29) is 5.91 Å². The Balaban J connectivity index is 1.69. The van der Waals surface area contributed by atoms with Crippen molar-refractivity contribution < 1.29 is 9.53 Å². The molecule has 0 unspecified atom stereocenters. The maximum absolute atomic E-state index is 11.7. The fourth-order valence-corrected chi connectivity index (χ4v) is 2.33. The fourth-order valence-electron chi connectivity index (χ4n) is 1.92. The van der Waals surface area contributed by atoms with Crippen LogP contribution >= 0.6 is 11.8 Å². The molecule has 120 valence electrons. The van der Waals surface area contributed by atoms with Crippen molar-refractivity contribution in [1.29, 1.82) is 0 Å². The van der Waals surface area contributed by atoms with Gasteiger partial charge in [-0.05, 0) is 49.1 Å². The second-order valence-electron chi connectivity index (χ2n) is 5.06. The minimum absolute atomic E-state index is 0.119. The van der Waals surface area contributed by atoms with E-state index in [1.54, 1.807) is 23.9 Å². The molecule has 2 aromatic carbocycles. The molecule has 0 saturated carbocycles. The summed E-state index contributed by atoms with van der Waals surface area (Å²) < 4.78 is 5.56. The highest BCUT2D eigenvalue weighted by atomic mass is 32.2. The average Bonchev–Trinajstić information content (AvgIpc) is 2.59. The zero-order chi connectivity index (χ0) is 16.5. The molecule has 0 saturated heterocycles. The molecule has 0 aromatic heterocycles. The number of thioether (sulfide) groups is 1. The van der Waals surface area contributed by atoms with Crippen LogP contribution in [0.3, 0.4) is 0 Å². The Labute approximate surface area is 141 Å². The number of nitrogens with one attached hydrogen (secondary N) is 1. The second kappa shape index (κ2) is 9.06. The maximum atomic E-state index is 11.7. The Morgan fingerprint density at radius 2 is 1.83 bits per heavy atom. The first-order valence-electron chi connectivity index (χ1n) is 7.47. The topological polar surface area (TPSA) is 38.3 Å². The van der Waals surface area contributed by atoms with Crippen molar-refractivity contribution >= 4 is 23.7 Å². The van der Waals surface area contributed by atoms with E-state index in [0.29, 0.717) is 13.2 Å². The van der Waals surface area contributed by atoms with Gasteiger partial charge >= 0.3 is 0 Å². The predicted molar refractivity (Wildman–Crippen MR) is 96.9 cm³/mol. The molecular formula is C19H21NO2S. The molecule has 2 rings (SSSR count). The van der Waals surface area contributed by atoms with Gasteiger partial charge in [-0.15, -0.1) is 11.8 Å². The molecule has 0 heterocycles. The Bertz CT molecular complexity index is 648. The molecule has 0 aliphatic heterocycles. The quantitative estimate of drug-likeness (QED) is 0.476. The number of ether oxygens (including phenoxy) is 1. The van der Waals surface area contributed by atoms with Crippen molar-refractivity contribution in [3.63, 3.8) is 0 Å². The van der Waals surface area contributed by atoms with Gasteiger partial charge in [0.05, 0.1) is 6.54 Å². The molecule has 1 amide bonds. The van der Waals surface area contributed by atoms with Gasteiger partial charge in [-0.2, -0.15) is 0 Å². The third-order valence-electron chi connectivity index (χ3n) is 3.23. The van der Waals surface area contributed by atoms with Crippen molar-refractivity contribution in [2.75, 3.05) is 19.4 Å². The molecule has 0 radical (unpaired) electrons. The maximum Gasteiger partial charge on any atom is 0.244 e. The van der Waals surface area contributed by atoms with E-state index < -0.39 is 0 Å². The molecule has 0 spiro atoms. The Hall–Kier alpha value is -2.20. The van der Waals surface area contributed by atoms with Crippen molar-refractivity contribution in [2.24, 2.45) is 0 Å². The molecule has 0 aliphatic carbocycles. The third-order valence-corrected chi connectivity index (χ3v) is 3.98. The van der Waals surface area contributed by atoms with Crippen molar-refractivity contribution in [2.45, 2.75) is 11.8 Å². The number of aryl methyl sites for hydroxylation is 1. The van der Waals surface area contributed by atoms with Crippen LogP contribution in [-0.4, -0.2) is 25.3 Å². The summed E-state index contributed by atoms with van der Waals surface area (Å²) in [6.07, 6.45) is 5.39. The van der Waals surface area contributed by atoms with Crippen LogP contribution in [0.5, 0.6) is 5.75 Å². The molecule has 0 fully saturated rings. The highest BCUT2D eigenvalue weighted by Crippen LogP contribution is 2.15. The summed E-state index contributed by atoms with van der Waals surface area (Å²) in [4.78, 5) is 12.9. The Kier molecular flexibility index (Phi) is 6.76. The SMILES string of the molecule is CSc1ccc(C=CC(=O)NCCOc2ccc(C)cc2)cc1. The number of benzene rings is 2. The number of hydrogen-bond acceptors (Lipinski definition) is 3. The monoisotopic (exact) mass is 327 g/mol. The zero-order valence-corrected chi connectivity index (χ0v) is 14.2. The molecule has 0 aliphatic rings. The van der Waals surface area contributed by atoms with Gasteiger partial charge in [0.2, 0.25) is 5.91 Å². The summed E-state index contributed by atoms with van der Waals surface area (Å²) in [5, 5.41) is 2.80. The largest absolute Gasteiger partial charge is 0.492 e. The number of carbonyl (C=O) groups is 1. The van der Waals surface area contributed by atoms with Gasteiger partial charge in [0, 0.05) is 11.0 Å². The molecule has 0 bridgehead atoms. The predicted octanol–water partition coefficient (Wildman–Crippen LogP) is 3.93. The van der Waals surface area contributed by atoms with E-state index in [0.717, 1.165) is 11.3 Å². The van der Waals surface area contributed by atoms with Crippen LogP contribution in [0, 0.1) is 6.92 Å². The van der Waals surface area contributed by atoms with Gasteiger partial charge in [-0.1, -0.05) is 29.8 Å². The minimum atomic E-state index is -0.119. The molecule has 1 N–H and O–H groups in total. The lowest BCUT2D eigenvalue weighted by Crippen LogP contribution is -2.26. The van der Waals surface area contributed by atoms with E-state index in [4.69, 9.17) is 4.74 Å². The molecule has 3 nitrogen and oxygen atoms in total. The van der Waals surface area contributed by atoms with Crippen molar-refractivity contribution in [3.8, 4) is 5.75 Å². The lowest BCUT2D eigenvalue weighted by atomic mass is 10.2. The first-order valence-corrected chi connectivity index (χ1v) is 8.69. The second-order valence-corrected chi connectivity index (χ2v) is 5.94. The molecular weight excluding hydrogens is 306 g/mol. The zero-order valence-electron chi connectivity index (χ0n) is 13.4. The van der Waals surface area contributed by atoms with Crippen LogP contribution in [0.1, 0.15) is 11.1 Å². The molecule has 4 heteroatoms. The summed E-state index contributed by atoms with van der Waals surface area (Å²) in [5.74, 6) is 0.695. The smallest absolute Gasteiger partial charge is 0.244 e. The highest BCUT2D eigenvalue weighted by Gasteiger charge is 1.97. The lowest BCUT2D eigenvalue weighted by molar-refractivity contribution is -0.116. The number of rotatable bonds is 7. The molecule has 2 aromatic rings. The van der Waals surface area contributed by atoms with Crippen LogP contribution in [0.4, 0.5) is 0 Å². The first-order chi connectivity index (χ1) is 11.2. The molecule has 23 heavy (non-hydrogen) atoms. The number of carbonyl (C=O) groups excluding carboxylic acids is 1. The van der Waals surface area contributed by atoms with E-state index in [2.05, 4.69) is 5.32 Å². The summed E-state index contributed by atoms with van der Waals surface area (Å²) in [6.45, 7) is 2.96. The summed E-state index contributed by atoms with van der Waals surface area (Å²) in [5.41, 5.74) is 2.20. The van der Waals surface area contributed by atoms with Crippen LogP contribution < -0.4 is 10.1 Å². The van der Waals surface area contributed by atoms with Crippen molar-refractivity contribution in [3.05, 3.63) is 65.7 Å². The summed E-state index contributed by atoms with van der Waals surface area (Å²) in [7, 11) is 0. The average molecular weight is 327 g/mol. The summed E-state index contributed by atoms with van der Waals surface area (Å²) >= 11 is 1.70. The van der Waals surface area contributed by atoms with Gasteiger partial charge in [0.25, 0.3) is 0 Å². The van der Waals surface area contributed by atoms with Gasteiger partial charge < -0.3 is 10.1 Å². The number of hydrogen-bond donors (Lipinski definition) is 1. The standard InChI is InChI=1S/C19H21NO2S/c1-15-3-8-17(9-4-15)22-14-13-20-19(21)12-7-16-5-10-18(23-2)11-6-16/h3-12H,13-14H2,1-2H3,(H,20,21). The lowest BCUT2D eigenvalue weighted by Gasteiger charge is -2.06. The van der Waals surface area contributed by atoms with Gasteiger partial charge in [0.1, 0.15) is 12.4 Å². The minimum Gasteiger partial charge on any atom is -0.492 e. The van der Waals surface area contributed by atoms with Crippen molar-refractivity contribution in [1.82, 2.24) is 5.32 Å². The Morgan fingerprint density at radius 1 is 1.13 bits per heavy atom. The fraction of sp³-hybridized carbons (Fsp3) is 0.211. The highest BCUT2D eigenvalue weighted by molar-refractivity contribution is 7.98. The van der Waals surface area contributed by atoms with Crippen LogP contribution in [0.15, 0.2) is 59.5 Å². The van der Waals surface area contributed by atoms with Gasteiger partial charge in [-0.25, -0.2) is 0 Å². The van der Waals surface area contributed by atoms with Gasteiger partial charge in [-0.3, -0.25) is 4.79 Å². The van der Waals surface area contributed by atoms with E-state index >= 15 is 0 Å². The van der Waals surface area contributed by atoms with E-state index in [1.165, 1.54) is 10.5 Å². The van der Waals surface area contributed by atoms with Crippen LogP contribution in [-0.2, 0) is 4.79 Å². The van der Waals surface area contributed by atoms with E-state index in [9.17, 15) is 4.79 Å². The van der Waals surface area contributed by atoms with Crippen LogP contribution in [0.25, 0.3) is 6.08 Å². The summed E-state index contributed by atoms with van der Waals surface area (Å²) in [6, 6.07) is 15.9. The first kappa shape index (κ1) is 17.2. The third kappa shape index (κ3) is 6.20. The Morgan fingerprint density at radius 3 is 2.48 bits per heavy atom. The molecule has 0 atom stereocenters. The number of amides is 1. The van der Waals surface area contributed by atoms with Gasteiger partial charge in [0.15, 0.2) is 0 Å². The van der Waals surface area contributed by atoms with E-state index in [1.807, 2.05) is 61.7 Å².